The van der Waals surface area contributed by atoms with E-state index in [1.807, 2.05) is 11.8 Å². The summed E-state index contributed by atoms with van der Waals surface area (Å²) < 4.78 is 0. The van der Waals surface area contributed by atoms with E-state index in [0.29, 0.717) is 17.7 Å². The van der Waals surface area contributed by atoms with Crippen molar-refractivity contribution in [2.75, 3.05) is 26.2 Å². The van der Waals surface area contributed by atoms with Gasteiger partial charge in [-0.25, -0.2) is 0 Å². The maximum Gasteiger partial charge on any atom is 0.222 e. The number of hydrogen-bond acceptors (Lipinski definition) is 2. The molecule has 0 aromatic rings. The predicted octanol–water partition coefficient (Wildman–Crippen LogP) is -0.172. The molecule has 2 rings (SSSR count). The quantitative estimate of drug-likeness (QED) is 0.568. The molecule has 2 saturated heterocycles. The molecule has 0 atom stereocenters. The summed E-state index contributed by atoms with van der Waals surface area (Å²) in [4.78, 5) is 13.1. The van der Waals surface area contributed by atoms with Crippen molar-refractivity contribution in [3.8, 4) is 0 Å². The smallest absolute Gasteiger partial charge is 0.222 e. The molecule has 0 saturated carbocycles. The average Bonchev–Trinajstić information content (AvgIpc) is 1.81. The first-order chi connectivity index (χ1) is 5.26. The van der Waals surface area contributed by atoms with Gasteiger partial charge in [0.1, 0.15) is 0 Å². The summed E-state index contributed by atoms with van der Waals surface area (Å²) in [6.45, 7) is 6.13. The van der Waals surface area contributed by atoms with Crippen molar-refractivity contribution in [2.45, 2.75) is 13.3 Å². The van der Waals surface area contributed by atoms with E-state index < -0.39 is 0 Å². The Balaban J connectivity index is 1.83. The van der Waals surface area contributed by atoms with Gasteiger partial charge in [0, 0.05) is 38.0 Å². The number of nitrogens with zero attached hydrogens (tertiary/aromatic N) is 1. The summed E-state index contributed by atoms with van der Waals surface area (Å²) in [7, 11) is 0. The summed E-state index contributed by atoms with van der Waals surface area (Å²) in [5.74, 6) is 0.308. The number of rotatable bonds is 1. The number of nitrogens with one attached hydrogen (secondary N) is 1. The normalized spacial score (nSPS) is 26.1. The third-order valence-electron chi connectivity index (χ3n) is 2.71. The van der Waals surface area contributed by atoms with Crippen LogP contribution in [-0.4, -0.2) is 37.0 Å². The largest absolute Gasteiger partial charge is 0.341 e. The van der Waals surface area contributed by atoms with Gasteiger partial charge in [-0.3, -0.25) is 4.79 Å². The SMILES string of the molecule is CCC(=O)N1CC2(CNC2)C1. The van der Waals surface area contributed by atoms with Crippen molar-refractivity contribution in [3.05, 3.63) is 0 Å². The number of amides is 1. The molecular weight excluding hydrogens is 140 g/mol. The van der Waals surface area contributed by atoms with Gasteiger partial charge < -0.3 is 10.2 Å². The molecule has 0 aromatic carbocycles. The standard InChI is InChI=1S/C8H14N2O/c1-2-7(11)10-5-8(6-10)3-9-4-8/h9H,2-6H2,1H3. The lowest BCUT2D eigenvalue weighted by Gasteiger charge is -2.56. The van der Waals surface area contributed by atoms with Gasteiger partial charge in [-0.2, -0.15) is 0 Å². The lowest BCUT2D eigenvalue weighted by atomic mass is 9.74. The highest BCUT2D eigenvalue weighted by Crippen LogP contribution is 2.33. The van der Waals surface area contributed by atoms with Gasteiger partial charge in [-0.15, -0.1) is 0 Å². The molecule has 1 N–H and O–H groups in total. The zero-order chi connectivity index (χ0) is 7.90. The molecule has 0 unspecified atom stereocenters. The minimum Gasteiger partial charge on any atom is -0.341 e. The first-order valence-corrected chi connectivity index (χ1v) is 4.24. The van der Waals surface area contributed by atoms with E-state index in [0.717, 1.165) is 26.2 Å². The van der Waals surface area contributed by atoms with Crippen molar-refractivity contribution >= 4 is 5.91 Å². The van der Waals surface area contributed by atoms with E-state index in [1.165, 1.54) is 0 Å². The Morgan fingerprint density at radius 1 is 1.55 bits per heavy atom. The van der Waals surface area contributed by atoms with Crippen LogP contribution in [-0.2, 0) is 4.79 Å². The van der Waals surface area contributed by atoms with Crippen LogP contribution < -0.4 is 5.32 Å². The molecule has 3 heteroatoms. The fraction of sp³-hybridized carbons (Fsp3) is 0.875. The Morgan fingerprint density at radius 3 is 2.55 bits per heavy atom. The number of hydrogen-bond donors (Lipinski definition) is 1. The van der Waals surface area contributed by atoms with Crippen molar-refractivity contribution < 1.29 is 4.79 Å². The fourth-order valence-electron chi connectivity index (χ4n) is 1.87. The lowest BCUT2D eigenvalue weighted by Crippen LogP contribution is -2.71. The maximum atomic E-state index is 11.1. The first-order valence-electron chi connectivity index (χ1n) is 4.24. The van der Waals surface area contributed by atoms with Crippen LogP contribution in [0.25, 0.3) is 0 Å². The summed E-state index contributed by atoms with van der Waals surface area (Å²) in [6.07, 6.45) is 0.656. The zero-order valence-electron chi connectivity index (χ0n) is 6.89. The second-order valence-corrected chi connectivity index (χ2v) is 3.71. The Labute approximate surface area is 66.8 Å². The second kappa shape index (κ2) is 2.21. The van der Waals surface area contributed by atoms with E-state index in [9.17, 15) is 4.79 Å². The van der Waals surface area contributed by atoms with E-state index in [-0.39, 0.29) is 0 Å². The molecule has 0 bridgehead atoms. The second-order valence-electron chi connectivity index (χ2n) is 3.71. The van der Waals surface area contributed by atoms with Crippen LogP contribution in [0.5, 0.6) is 0 Å². The van der Waals surface area contributed by atoms with Crippen LogP contribution in [0, 0.1) is 5.41 Å². The van der Waals surface area contributed by atoms with Crippen molar-refractivity contribution in [2.24, 2.45) is 5.41 Å². The van der Waals surface area contributed by atoms with Gasteiger partial charge >= 0.3 is 0 Å². The molecule has 0 radical (unpaired) electrons. The van der Waals surface area contributed by atoms with Gasteiger partial charge in [0.05, 0.1) is 0 Å². The van der Waals surface area contributed by atoms with Gasteiger partial charge in [0.25, 0.3) is 0 Å². The lowest BCUT2D eigenvalue weighted by molar-refractivity contribution is -0.146. The first kappa shape index (κ1) is 7.10. The van der Waals surface area contributed by atoms with Crippen LogP contribution >= 0.6 is 0 Å². The molecule has 2 aliphatic rings. The monoisotopic (exact) mass is 154 g/mol. The molecule has 2 aliphatic heterocycles. The van der Waals surface area contributed by atoms with Crippen molar-refractivity contribution in [1.29, 1.82) is 0 Å². The Bertz CT molecular complexity index is 179. The maximum absolute atomic E-state index is 11.1. The van der Waals surface area contributed by atoms with E-state index >= 15 is 0 Å². The van der Waals surface area contributed by atoms with E-state index in [2.05, 4.69) is 5.32 Å². The van der Waals surface area contributed by atoms with Crippen LogP contribution in [0.1, 0.15) is 13.3 Å². The Hall–Kier alpha value is -0.570. The molecule has 1 spiro atoms. The van der Waals surface area contributed by atoms with Crippen LogP contribution in [0.4, 0.5) is 0 Å². The Morgan fingerprint density at radius 2 is 2.18 bits per heavy atom. The molecule has 11 heavy (non-hydrogen) atoms. The van der Waals surface area contributed by atoms with Crippen molar-refractivity contribution in [3.63, 3.8) is 0 Å². The van der Waals surface area contributed by atoms with Crippen LogP contribution in [0.3, 0.4) is 0 Å². The third kappa shape index (κ3) is 0.948. The summed E-state index contributed by atoms with van der Waals surface area (Å²) in [5, 5.41) is 3.24. The topological polar surface area (TPSA) is 32.3 Å². The predicted molar refractivity (Wildman–Crippen MR) is 42.2 cm³/mol. The molecule has 1 amide bonds. The third-order valence-corrected chi connectivity index (χ3v) is 2.71. The zero-order valence-corrected chi connectivity index (χ0v) is 6.89. The van der Waals surface area contributed by atoms with E-state index in [4.69, 9.17) is 0 Å². The Kier molecular flexibility index (Phi) is 1.42. The number of carbonyl (C=O) groups is 1. The van der Waals surface area contributed by atoms with Crippen molar-refractivity contribution in [1.82, 2.24) is 10.2 Å². The van der Waals surface area contributed by atoms with E-state index in [1.54, 1.807) is 0 Å². The molecular formula is C8H14N2O. The summed E-state index contributed by atoms with van der Waals surface area (Å²) in [5.41, 5.74) is 0.491. The highest BCUT2D eigenvalue weighted by atomic mass is 16.2. The molecule has 62 valence electrons. The summed E-state index contributed by atoms with van der Waals surface area (Å²) in [6, 6.07) is 0. The van der Waals surface area contributed by atoms with Gasteiger partial charge in [0.2, 0.25) is 5.91 Å². The minimum atomic E-state index is 0.308. The average molecular weight is 154 g/mol. The van der Waals surface area contributed by atoms with Crippen LogP contribution in [0.15, 0.2) is 0 Å². The molecule has 2 fully saturated rings. The van der Waals surface area contributed by atoms with Gasteiger partial charge in [0.15, 0.2) is 0 Å². The number of likely N-dealkylation sites (tertiary alicyclic amines) is 1. The van der Waals surface area contributed by atoms with Gasteiger partial charge in [-0.1, -0.05) is 6.92 Å². The molecule has 0 aliphatic carbocycles. The summed E-state index contributed by atoms with van der Waals surface area (Å²) >= 11 is 0. The van der Waals surface area contributed by atoms with Gasteiger partial charge in [-0.05, 0) is 0 Å². The fourth-order valence-corrected chi connectivity index (χ4v) is 1.87. The highest BCUT2D eigenvalue weighted by Gasteiger charge is 2.48. The minimum absolute atomic E-state index is 0.308. The molecule has 3 nitrogen and oxygen atoms in total. The molecule has 0 aromatic heterocycles. The molecule has 2 heterocycles. The van der Waals surface area contributed by atoms with Crippen LogP contribution in [0.2, 0.25) is 0 Å². The highest BCUT2D eigenvalue weighted by molar-refractivity contribution is 5.77. The number of carbonyl (C=O) groups excluding carboxylic acids is 1.